The van der Waals surface area contributed by atoms with E-state index < -0.39 is 5.97 Å². The van der Waals surface area contributed by atoms with Gasteiger partial charge in [-0.25, -0.2) is 0 Å². The molecule has 0 spiro atoms. The zero-order chi connectivity index (χ0) is 15.1. The number of hydrogen-bond donors (Lipinski definition) is 1. The van der Waals surface area contributed by atoms with Gasteiger partial charge in [-0.3, -0.25) is 4.79 Å². The molecule has 0 bridgehead atoms. The van der Waals surface area contributed by atoms with Crippen molar-refractivity contribution >= 4 is 5.97 Å². The SMILES string of the molecule is [N-]=[N+]=N[C@@H](Cc1ccccc1)CN1[CH]N(CC(=O)O)C=C1. The Hall–Kier alpha value is -2.66. The van der Waals surface area contributed by atoms with E-state index in [1.807, 2.05) is 35.2 Å². The van der Waals surface area contributed by atoms with Gasteiger partial charge in [0.25, 0.3) is 0 Å². The van der Waals surface area contributed by atoms with Gasteiger partial charge in [0.1, 0.15) is 13.2 Å². The molecule has 0 fully saturated rings. The van der Waals surface area contributed by atoms with Gasteiger partial charge in [-0.2, -0.15) is 0 Å². The number of hydrogen-bond acceptors (Lipinski definition) is 4. The fourth-order valence-electron chi connectivity index (χ4n) is 2.14. The summed E-state index contributed by atoms with van der Waals surface area (Å²) in [6.45, 7) is 2.11. The number of carbonyl (C=O) groups is 1. The summed E-state index contributed by atoms with van der Waals surface area (Å²) in [6, 6.07) is 9.58. The third-order valence-electron chi connectivity index (χ3n) is 3.01. The monoisotopic (exact) mass is 286 g/mol. The van der Waals surface area contributed by atoms with E-state index in [1.165, 1.54) is 0 Å². The topological polar surface area (TPSA) is 92.5 Å². The van der Waals surface area contributed by atoms with E-state index in [4.69, 9.17) is 10.6 Å². The molecule has 0 unspecified atom stereocenters. The molecule has 21 heavy (non-hydrogen) atoms. The molecule has 2 rings (SSSR count). The van der Waals surface area contributed by atoms with Crippen LogP contribution in [-0.2, 0) is 11.2 Å². The highest BCUT2D eigenvalue weighted by atomic mass is 16.4. The number of carboxylic acid groups (broad SMARTS) is 1. The molecule has 0 amide bonds. The minimum absolute atomic E-state index is 0.0854. The molecule has 0 saturated heterocycles. The normalized spacial score (nSPS) is 14.9. The summed E-state index contributed by atoms with van der Waals surface area (Å²) >= 11 is 0. The van der Waals surface area contributed by atoms with Gasteiger partial charge in [-0.05, 0) is 17.5 Å². The van der Waals surface area contributed by atoms with Gasteiger partial charge in [-0.15, -0.1) is 0 Å². The first-order valence-electron chi connectivity index (χ1n) is 6.52. The molecule has 1 aromatic carbocycles. The van der Waals surface area contributed by atoms with Gasteiger partial charge in [-0.1, -0.05) is 35.4 Å². The number of benzene rings is 1. The first-order chi connectivity index (χ1) is 10.2. The molecule has 1 aromatic rings. The van der Waals surface area contributed by atoms with Gasteiger partial charge in [0.15, 0.2) is 0 Å². The number of nitrogens with zero attached hydrogens (tertiary/aromatic N) is 5. The highest BCUT2D eigenvalue weighted by Gasteiger charge is 2.19. The van der Waals surface area contributed by atoms with Crippen LogP contribution in [0.1, 0.15) is 5.56 Å². The van der Waals surface area contributed by atoms with Crippen LogP contribution >= 0.6 is 0 Å². The van der Waals surface area contributed by atoms with Crippen molar-refractivity contribution in [2.45, 2.75) is 12.5 Å². The van der Waals surface area contributed by atoms with Crippen molar-refractivity contribution in [1.82, 2.24) is 9.80 Å². The molecule has 1 aliphatic rings. The Labute approximate surface area is 122 Å². The summed E-state index contributed by atoms with van der Waals surface area (Å²) in [7, 11) is 0. The Morgan fingerprint density at radius 3 is 2.67 bits per heavy atom. The predicted molar refractivity (Wildman–Crippen MR) is 77.6 cm³/mol. The van der Waals surface area contributed by atoms with Crippen molar-refractivity contribution in [3.63, 3.8) is 0 Å². The zero-order valence-electron chi connectivity index (χ0n) is 11.4. The molecule has 0 aromatic heterocycles. The molecule has 1 N–H and O–H groups in total. The number of azide groups is 1. The Morgan fingerprint density at radius 2 is 2.00 bits per heavy atom. The maximum atomic E-state index is 10.6. The van der Waals surface area contributed by atoms with Gasteiger partial charge in [0.05, 0.1) is 6.04 Å². The minimum atomic E-state index is -0.895. The van der Waals surface area contributed by atoms with Crippen LogP contribution in [0.25, 0.3) is 10.4 Å². The van der Waals surface area contributed by atoms with E-state index in [1.54, 1.807) is 24.0 Å². The molecule has 0 aliphatic carbocycles. The van der Waals surface area contributed by atoms with E-state index in [0.717, 1.165) is 5.56 Å². The average molecular weight is 286 g/mol. The third kappa shape index (κ3) is 4.74. The molecule has 0 saturated carbocycles. The summed E-state index contributed by atoms with van der Waals surface area (Å²) in [6.07, 6.45) is 4.10. The Bertz CT molecular complexity index is 554. The first-order valence-corrected chi connectivity index (χ1v) is 6.52. The van der Waals surface area contributed by atoms with Gasteiger partial charge < -0.3 is 14.9 Å². The highest BCUT2D eigenvalue weighted by Crippen LogP contribution is 2.14. The number of carboxylic acids is 1. The van der Waals surface area contributed by atoms with E-state index in [2.05, 4.69) is 10.0 Å². The van der Waals surface area contributed by atoms with Crippen LogP contribution in [0.15, 0.2) is 47.8 Å². The summed E-state index contributed by atoms with van der Waals surface area (Å²) in [5.74, 6) is -0.895. The van der Waals surface area contributed by atoms with E-state index in [0.29, 0.717) is 13.0 Å². The van der Waals surface area contributed by atoms with Crippen molar-refractivity contribution in [3.05, 3.63) is 65.4 Å². The van der Waals surface area contributed by atoms with Crippen molar-refractivity contribution in [1.29, 1.82) is 0 Å². The van der Waals surface area contributed by atoms with Gasteiger partial charge in [0.2, 0.25) is 0 Å². The van der Waals surface area contributed by atoms with Crippen molar-refractivity contribution in [3.8, 4) is 0 Å². The van der Waals surface area contributed by atoms with Crippen LogP contribution in [0.4, 0.5) is 0 Å². The van der Waals surface area contributed by atoms with Gasteiger partial charge in [0, 0.05) is 23.9 Å². The summed E-state index contributed by atoms with van der Waals surface area (Å²) < 4.78 is 0. The van der Waals surface area contributed by atoms with Crippen molar-refractivity contribution < 1.29 is 9.90 Å². The predicted octanol–water partition coefficient (Wildman–Crippen LogP) is 2.20. The average Bonchev–Trinajstić information content (AvgIpc) is 2.86. The van der Waals surface area contributed by atoms with Crippen LogP contribution in [0.5, 0.6) is 0 Å². The summed E-state index contributed by atoms with van der Waals surface area (Å²) in [5, 5.41) is 12.6. The standard InChI is InChI=1S/C14H16N5O2/c15-17-16-13(8-12-4-2-1-3-5-12)9-18-6-7-19(11-18)10-14(20)21/h1-7,11,13H,8-10H2,(H,20,21)/t13-/m0/s1. The fraction of sp³-hybridized carbons (Fsp3) is 0.286. The number of rotatable bonds is 7. The Kier molecular flexibility index (Phi) is 5.06. The molecule has 1 atom stereocenters. The highest BCUT2D eigenvalue weighted by molar-refractivity contribution is 5.69. The van der Waals surface area contributed by atoms with Crippen LogP contribution < -0.4 is 0 Å². The molecule has 7 heteroatoms. The van der Waals surface area contributed by atoms with Crippen LogP contribution in [0.2, 0.25) is 0 Å². The van der Waals surface area contributed by atoms with Crippen LogP contribution in [-0.4, -0.2) is 40.0 Å². The Morgan fingerprint density at radius 1 is 1.29 bits per heavy atom. The van der Waals surface area contributed by atoms with Crippen molar-refractivity contribution in [2.24, 2.45) is 5.11 Å². The first kappa shape index (κ1) is 14.7. The van der Waals surface area contributed by atoms with E-state index in [-0.39, 0.29) is 12.6 Å². The molecule has 7 nitrogen and oxygen atoms in total. The second-order valence-corrected chi connectivity index (χ2v) is 4.72. The lowest BCUT2D eigenvalue weighted by Crippen LogP contribution is -2.30. The van der Waals surface area contributed by atoms with Crippen molar-refractivity contribution in [2.75, 3.05) is 13.1 Å². The molecule has 109 valence electrons. The Balaban J connectivity index is 1.91. The lowest BCUT2D eigenvalue weighted by atomic mass is 10.1. The zero-order valence-corrected chi connectivity index (χ0v) is 11.4. The molecule has 1 heterocycles. The molecular formula is C14H16N5O2. The lowest BCUT2D eigenvalue weighted by molar-refractivity contribution is -0.137. The second kappa shape index (κ2) is 7.21. The third-order valence-corrected chi connectivity index (χ3v) is 3.01. The van der Waals surface area contributed by atoms with Crippen LogP contribution in [0, 0.1) is 6.67 Å². The smallest absolute Gasteiger partial charge is 0.323 e. The van der Waals surface area contributed by atoms with E-state index >= 15 is 0 Å². The molecule has 1 aliphatic heterocycles. The summed E-state index contributed by atoms with van der Waals surface area (Å²) in [4.78, 5) is 16.9. The quantitative estimate of drug-likeness (QED) is 0.472. The summed E-state index contributed by atoms with van der Waals surface area (Å²) in [5.41, 5.74) is 9.78. The molecule has 1 radical (unpaired) electrons. The minimum Gasteiger partial charge on any atom is -0.480 e. The maximum absolute atomic E-state index is 10.6. The van der Waals surface area contributed by atoms with E-state index in [9.17, 15) is 4.79 Å². The van der Waals surface area contributed by atoms with Gasteiger partial charge >= 0.3 is 5.97 Å². The maximum Gasteiger partial charge on any atom is 0.323 e. The van der Waals surface area contributed by atoms with Crippen LogP contribution in [0.3, 0.4) is 0 Å². The fourth-order valence-corrected chi connectivity index (χ4v) is 2.14. The number of aliphatic carboxylic acids is 1. The second-order valence-electron chi connectivity index (χ2n) is 4.72. The lowest BCUT2D eigenvalue weighted by Gasteiger charge is -2.22. The molecular weight excluding hydrogens is 270 g/mol. The largest absolute Gasteiger partial charge is 0.480 e.